The van der Waals surface area contributed by atoms with Crippen molar-refractivity contribution in [3.63, 3.8) is 0 Å². The second kappa shape index (κ2) is 5.59. The maximum Gasteiger partial charge on any atom is 0.124 e. The molecular formula is C14H22N2O2. The molecule has 0 spiro atoms. The summed E-state index contributed by atoms with van der Waals surface area (Å²) in [6.07, 6.45) is 2.33. The minimum atomic E-state index is 0.0300. The van der Waals surface area contributed by atoms with Crippen molar-refractivity contribution >= 4 is 0 Å². The molecule has 1 saturated heterocycles. The molecule has 1 fully saturated rings. The van der Waals surface area contributed by atoms with Gasteiger partial charge in [-0.15, -0.1) is 0 Å². The Kier molecular flexibility index (Phi) is 4.09. The van der Waals surface area contributed by atoms with Crippen LogP contribution in [-0.2, 0) is 0 Å². The zero-order chi connectivity index (χ0) is 13.1. The average molecular weight is 250 g/mol. The van der Waals surface area contributed by atoms with Crippen LogP contribution < -0.4 is 5.32 Å². The van der Waals surface area contributed by atoms with Gasteiger partial charge in [0.15, 0.2) is 0 Å². The SMILES string of the molecule is CNC1CCCN(C(C)c2c(O)cccc2O)C1. The lowest BCUT2D eigenvalue weighted by atomic mass is 9.99. The molecule has 0 radical (unpaired) electrons. The van der Waals surface area contributed by atoms with E-state index in [-0.39, 0.29) is 17.5 Å². The average Bonchev–Trinajstić information content (AvgIpc) is 2.38. The highest BCUT2D eigenvalue weighted by Gasteiger charge is 2.26. The highest BCUT2D eigenvalue weighted by Crippen LogP contribution is 2.36. The van der Waals surface area contributed by atoms with E-state index in [2.05, 4.69) is 10.2 Å². The molecule has 0 aliphatic carbocycles. The first-order valence-electron chi connectivity index (χ1n) is 6.55. The van der Waals surface area contributed by atoms with Gasteiger partial charge in [0.2, 0.25) is 0 Å². The van der Waals surface area contributed by atoms with Crippen LogP contribution >= 0.6 is 0 Å². The molecule has 2 atom stereocenters. The molecule has 1 heterocycles. The molecule has 1 aromatic carbocycles. The maximum absolute atomic E-state index is 9.91. The van der Waals surface area contributed by atoms with E-state index in [4.69, 9.17) is 0 Å². The van der Waals surface area contributed by atoms with Crippen LogP contribution in [0.25, 0.3) is 0 Å². The van der Waals surface area contributed by atoms with Gasteiger partial charge in [-0.2, -0.15) is 0 Å². The highest BCUT2D eigenvalue weighted by molar-refractivity contribution is 5.45. The first-order chi connectivity index (χ1) is 8.63. The Balaban J connectivity index is 2.17. The molecule has 0 amide bonds. The van der Waals surface area contributed by atoms with Crippen molar-refractivity contribution < 1.29 is 10.2 Å². The minimum Gasteiger partial charge on any atom is -0.507 e. The number of nitrogens with zero attached hydrogens (tertiary/aromatic N) is 1. The van der Waals surface area contributed by atoms with Gasteiger partial charge in [-0.25, -0.2) is 0 Å². The molecule has 3 N–H and O–H groups in total. The number of hydrogen-bond donors (Lipinski definition) is 3. The van der Waals surface area contributed by atoms with Crippen molar-refractivity contribution in [1.29, 1.82) is 0 Å². The van der Waals surface area contributed by atoms with Gasteiger partial charge < -0.3 is 15.5 Å². The number of piperidine rings is 1. The number of benzene rings is 1. The number of nitrogens with one attached hydrogen (secondary N) is 1. The van der Waals surface area contributed by atoms with E-state index in [1.54, 1.807) is 18.2 Å². The van der Waals surface area contributed by atoms with E-state index < -0.39 is 0 Å². The molecular weight excluding hydrogens is 228 g/mol. The Morgan fingerprint density at radius 2 is 2.00 bits per heavy atom. The number of hydrogen-bond acceptors (Lipinski definition) is 4. The van der Waals surface area contributed by atoms with E-state index in [1.165, 1.54) is 6.42 Å². The summed E-state index contributed by atoms with van der Waals surface area (Å²) in [4.78, 5) is 2.31. The fourth-order valence-electron chi connectivity index (χ4n) is 2.75. The van der Waals surface area contributed by atoms with Gasteiger partial charge in [-0.1, -0.05) is 6.07 Å². The largest absolute Gasteiger partial charge is 0.507 e. The second-order valence-electron chi connectivity index (χ2n) is 5.01. The van der Waals surface area contributed by atoms with Gasteiger partial charge in [0, 0.05) is 18.6 Å². The molecule has 1 aromatic rings. The van der Waals surface area contributed by atoms with Gasteiger partial charge in [0.1, 0.15) is 11.5 Å². The van der Waals surface area contributed by atoms with E-state index in [1.807, 2.05) is 14.0 Å². The third-order valence-corrected chi connectivity index (χ3v) is 3.89. The van der Waals surface area contributed by atoms with E-state index >= 15 is 0 Å². The summed E-state index contributed by atoms with van der Waals surface area (Å²) in [5, 5.41) is 23.1. The fraction of sp³-hybridized carbons (Fsp3) is 0.571. The summed E-state index contributed by atoms with van der Waals surface area (Å²) in [6.45, 7) is 3.99. The molecule has 4 nitrogen and oxygen atoms in total. The van der Waals surface area contributed by atoms with Crippen LogP contribution in [0.1, 0.15) is 31.4 Å². The van der Waals surface area contributed by atoms with Gasteiger partial charge in [0.05, 0.1) is 5.56 Å². The predicted molar refractivity (Wildman–Crippen MR) is 71.8 cm³/mol. The van der Waals surface area contributed by atoms with Crippen molar-refractivity contribution in [3.05, 3.63) is 23.8 Å². The maximum atomic E-state index is 9.91. The molecule has 2 rings (SSSR count). The summed E-state index contributed by atoms with van der Waals surface area (Å²) in [6, 6.07) is 5.44. The van der Waals surface area contributed by atoms with Crippen LogP contribution in [0.15, 0.2) is 18.2 Å². The zero-order valence-corrected chi connectivity index (χ0v) is 11.1. The Bertz CT molecular complexity index is 389. The Morgan fingerprint density at radius 1 is 1.33 bits per heavy atom. The molecule has 100 valence electrons. The van der Waals surface area contributed by atoms with Crippen LogP contribution in [0.3, 0.4) is 0 Å². The van der Waals surface area contributed by atoms with E-state index in [9.17, 15) is 10.2 Å². The number of phenols is 2. The van der Waals surface area contributed by atoms with Crippen molar-refractivity contribution in [3.8, 4) is 11.5 Å². The second-order valence-corrected chi connectivity index (χ2v) is 5.01. The Labute approximate surface area is 108 Å². The van der Waals surface area contributed by atoms with Crippen molar-refractivity contribution in [2.45, 2.75) is 31.8 Å². The van der Waals surface area contributed by atoms with E-state index in [0.29, 0.717) is 11.6 Å². The number of likely N-dealkylation sites (N-methyl/N-ethyl adjacent to an activating group) is 1. The Morgan fingerprint density at radius 3 is 2.61 bits per heavy atom. The monoisotopic (exact) mass is 250 g/mol. The van der Waals surface area contributed by atoms with Crippen LogP contribution in [-0.4, -0.2) is 41.3 Å². The first-order valence-corrected chi connectivity index (χ1v) is 6.55. The van der Waals surface area contributed by atoms with Crippen LogP contribution in [0.5, 0.6) is 11.5 Å². The number of phenolic OH excluding ortho intramolecular Hbond substituents is 2. The summed E-state index contributed by atoms with van der Waals surface area (Å²) in [5.41, 5.74) is 0.634. The number of aromatic hydroxyl groups is 2. The standard InChI is InChI=1S/C14H22N2O2/c1-10(14-12(17)6-3-7-13(14)18)16-8-4-5-11(9-16)15-2/h3,6-7,10-11,15,17-18H,4-5,8-9H2,1-2H3. The van der Waals surface area contributed by atoms with Crippen molar-refractivity contribution in [2.24, 2.45) is 0 Å². The number of rotatable bonds is 3. The van der Waals surface area contributed by atoms with Crippen molar-refractivity contribution in [1.82, 2.24) is 10.2 Å². The molecule has 18 heavy (non-hydrogen) atoms. The molecule has 1 aliphatic heterocycles. The van der Waals surface area contributed by atoms with Crippen LogP contribution in [0.2, 0.25) is 0 Å². The lowest BCUT2D eigenvalue weighted by Crippen LogP contribution is -2.45. The summed E-state index contributed by atoms with van der Waals surface area (Å²) >= 11 is 0. The third-order valence-electron chi connectivity index (χ3n) is 3.89. The minimum absolute atomic E-state index is 0.0300. The first kappa shape index (κ1) is 13.2. The van der Waals surface area contributed by atoms with Gasteiger partial charge in [-0.05, 0) is 45.5 Å². The lowest BCUT2D eigenvalue weighted by molar-refractivity contribution is 0.145. The molecule has 0 saturated carbocycles. The smallest absolute Gasteiger partial charge is 0.124 e. The summed E-state index contributed by atoms with van der Waals surface area (Å²) < 4.78 is 0. The molecule has 2 unspecified atom stereocenters. The van der Waals surface area contributed by atoms with Crippen molar-refractivity contribution in [2.75, 3.05) is 20.1 Å². The zero-order valence-electron chi connectivity index (χ0n) is 11.1. The summed E-state index contributed by atoms with van der Waals surface area (Å²) in [5.74, 6) is 0.350. The highest BCUT2D eigenvalue weighted by atomic mass is 16.3. The molecule has 4 heteroatoms. The number of likely N-dealkylation sites (tertiary alicyclic amines) is 1. The summed E-state index contributed by atoms with van der Waals surface area (Å²) in [7, 11) is 1.98. The fourth-order valence-corrected chi connectivity index (χ4v) is 2.75. The normalized spacial score (nSPS) is 22.9. The van der Waals surface area contributed by atoms with Gasteiger partial charge in [-0.3, -0.25) is 4.90 Å². The molecule has 0 bridgehead atoms. The topological polar surface area (TPSA) is 55.7 Å². The van der Waals surface area contributed by atoms with Crippen LogP contribution in [0.4, 0.5) is 0 Å². The predicted octanol–water partition coefficient (Wildman–Crippen LogP) is 1.84. The van der Waals surface area contributed by atoms with Gasteiger partial charge >= 0.3 is 0 Å². The molecule has 1 aliphatic rings. The quantitative estimate of drug-likeness (QED) is 0.766. The van der Waals surface area contributed by atoms with Crippen LogP contribution in [0, 0.1) is 0 Å². The van der Waals surface area contributed by atoms with E-state index in [0.717, 1.165) is 19.5 Å². The van der Waals surface area contributed by atoms with Gasteiger partial charge in [0.25, 0.3) is 0 Å². The lowest BCUT2D eigenvalue weighted by Gasteiger charge is -2.37. The third kappa shape index (κ3) is 2.60. The molecule has 0 aromatic heterocycles. The Hall–Kier alpha value is -1.26.